The van der Waals surface area contributed by atoms with Crippen molar-refractivity contribution < 1.29 is 9.53 Å². The van der Waals surface area contributed by atoms with E-state index in [4.69, 9.17) is 10.5 Å². The van der Waals surface area contributed by atoms with E-state index >= 15 is 0 Å². The lowest BCUT2D eigenvalue weighted by Crippen LogP contribution is -2.36. The Bertz CT molecular complexity index is 349. The fraction of sp³-hybridized carbons (Fsp3) is 0.556. The Labute approximate surface area is 87.4 Å². The van der Waals surface area contributed by atoms with E-state index in [0.29, 0.717) is 24.6 Å². The predicted molar refractivity (Wildman–Crippen MR) is 54.3 cm³/mol. The molecule has 15 heavy (non-hydrogen) atoms. The van der Waals surface area contributed by atoms with E-state index in [1.165, 1.54) is 10.9 Å². The number of nitrogen functional groups attached to an aromatic ring is 1. The highest BCUT2D eigenvalue weighted by molar-refractivity contribution is 5.97. The first-order chi connectivity index (χ1) is 7.18. The summed E-state index contributed by atoms with van der Waals surface area (Å²) in [5, 5.41) is 6.77. The minimum atomic E-state index is -0.192. The van der Waals surface area contributed by atoms with Gasteiger partial charge in [0.15, 0.2) is 0 Å². The molecule has 1 aromatic heterocycles. The number of amides is 1. The van der Waals surface area contributed by atoms with E-state index < -0.39 is 0 Å². The predicted octanol–water partition coefficient (Wildman–Crippen LogP) is -0.479. The summed E-state index contributed by atoms with van der Waals surface area (Å²) >= 11 is 0. The van der Waals surface area contributed by atoms with Crippen molar-refractivity contribution in [3.63, 3.8) is 0 Å². The standard InChI is InChI=1S/C9H14N4O2/c1-13-8(7(10)4-11-13)9(14)12-6-2-3-15-5-6/h4,6H,2-3,5,10H2,1H3,(H,12,14)/t6-/m1/s1. The number of hydrogen-bond donors (Lipinski definition) is 2. The van der Waals surface area contributed by atoms with E-state index in [9.17, 15) is 4.79 Å². The molecule has 1 fully saturated rings. The third kappa shape index (κ3) is 1.94. The largest absolute Gasteiger partial charge is 0.396 e. The van der Waals surface area contributed by atoms with Crippen LogP contribution in [0.2, 0.25) is 0 Å². The third-order valence-electron chi connectivity index (χ3n) is 2.45. The van der Waals surface area contributed by atoms with Crippen molar-refractivity contribution in [2.45, 2.75) is 12.5 Å². The molecule has 1 saturated heterocycles. The summed E-state index contributed by atoms with van der Waals surface area (Å²) in [6.45, 7) is 1.27. The Balaban J connectivity index is 2.07. The zero-order chi connectivity index (χ0) is 10.8. The SMILES string of the molecule is Cn1ncc(N)c1C(=O)N[C@@H]1CCOC1. The molecule has 2 heterocycles. The molecule has 1 aliphatic rings. The zero-order valence-electron chi connectivity index (χ0n) is 8.56. The summed E-state index contributed by atoms with van der Waals surface area (Å²) in [5.41, 5.74) is 6.44. The molecule has 0 aliphatic carbocycles. The molecule has 0 aromatic carbocycles. The molecule has 82 valence electrons. The van der Waals surface area contributed by atoms with Crippen molar-refractivity contribution in [1.29, 1.82) is 0 Å². The van der Waals surface area contributed by atoms with Gasteiger partial charge in [-0.1, -0.05) is 0 Å². The first-order valence-electron chi connectivity index (χ1n) is 4.84. The molecule has 6 heteroatoms. The molecule has 1 atom stereocenters. The molecule has 1 amide bonds. The number of carbonyl (C=O) groups is 1. The van der Waals surface area contributed by atoms with Crippen molar-refractivity contribution >= 4 is 11.6 Å². The molecular formula is C9H14N4O2. The number of nitrogens with one attached hydrogen (secondary N) is 1. The number of aromatic nitrogens is 2. The van der Waals surface area contributed by atoms with Crippen LogP contribution in [0.3, 0.4) is 0 Å². The lowest BCUT2D eigenvalue weighted by Gasteiger charge is -2.10. The maximum absolute atomic E-state index is 11.8. The molecule has 3 N–H and O–H groups in total. The van der Waals surface area contributed by atoms with Crippen molar-refractivity contribution in [2.75, 3.05) is 18.9 Å². The summed E-state index contributed by atoms with van der Waals surface area (Å²) in [6.07, 6.45) is 2.32. The average molecular weight is 210 g/mol. The number of rotatable bonds is 2. The van der Waals surface area contributed by atoms with Crippen LogP contribution in [0, 0.1) is 0 Å². The van der Waals surface area contributed by atoms with Crippen LogP contribution in [0.15, 0.2) is 6.20 Å². The Hall–Kier alpha value is -1.56. The monoisotopic (exact) mass is 210 g/mol. The number of nitrogens with zero attached hydrogens (tertiary/aromatic N) is 2. The minimum Gasteiger partial charge on any atom is -0.396 e. The second-order valence-corrected chi connectivity index (χ2v) is 3.61. The molecule has 0 radical (unpaired) electrons. The molecule has 0 saturated carbocycles. The Morgan fingerprint density at radius 3 is 3.13 bits per heavy atom. The molecule has 0 bridgehead atoms. The van der Waals surface area contributed by atoms with Crippen LogP contribution in [0.5, 0.6) is 0 Å². The van der Waals surface area contributed by atoms with Gasteiger partial charge < -0.3 is 15.8 Å². The molecule has 1 aliphatic heterocycles. The highest BCUT2D eigenvalue weighted by Gasteiger charge is 2.21. The molecule has 1 aromatic rings. The summed E-state index contributed by atoms with van der Waals surface area (Å²) in [6, 6.07) is 0.0896. The van der Waals surface area contributed by atoms with E-state index in [1.807, 2.05) is 0 Å². The number of anilines is 1. The number of carbonyl (C=O) groups excluding carboxylic acids is 1. The van der Waals surface area contributed by atoms with E-state index in [1.54, 1.807) is 7.05 Å². The average Bonchev–Trinajstić information content (AvgIpc) is 2.77. The third-order valence-corrected chi connectivity index (χ3v) is 2.45. The van der Waals surface area contributed by atoms with Gasteiger partial charge >= 0.3 is 0 Å². The van der Waals surface area contributed by atoms with Gasteiger partial charge in [0.05, 0.1) is 24.5 Å². The molecule has 0 spiro atoms. The van der Waals surface area contributed by atoms with Gasteiger partial charge in [-0.15, -0.1) is 0 Å². The molecule has 2 rings (SSSR count). The second-order valence-electron chi connectivity index (χ2n) is 3.61. The Morgan fingerprint density at radius 2 is 2.60 bits per heavy atom. The zero-order valence-corrected chi connectivity index (χ0v) is 8.56. The van der Waals surface area contributed by atoms with Gasteiger partial charge in [-0.25, -0.2) is 0 Å². The fourth-order valence-corrected chi connectivity index (χ4v) is 1.63. The van der Waals surface area contributed by atoms with Crippen LogP contribution < -0.4 is 11.1 Å². The van der Waals surface area contributed by atoms with Gasteiger partial charge in [-0.3, -0.25) is 9.48 Å². The van der Waals surface area contributed by atoms with E-state index in [0.717, 1.165) is 6.42 Å². The van der Waals surface area contributed by atoms with Crippen LogP contribution >= 0.6 is 0 Å². The summed E-state index contributed by atoms with van der Waals surface area (Å²) in [4.78, 5) is 11.8. The van der Waals surface area contributed by atoms with Gasteiger partial charge in [0.25, 0.3) is 5.91 Å². The van der Waals surface area contributed by atoms with Gasteiger partial charge in [0.1, 0.15) is 5.69 Å². The van der Waals surface area contributed by atoms with Crippen LogP contribution in [-0.4, -0.2) is 34.9 Å². The minimum absolute atomic E-state index is 0.0896. The van der Waals surface area contributed by atoms with Crippen LogP contribution in [0.25, 0.3) is 0 Å². The van der Waals surface area contributed by atoms with Crippen LogP contribution in [-0.2, 0) is 11.8 Å². The fourth-order valence-electron chi connectivity index (χ4n) is 1.63. The summed E-state index contributed by atoms with van der Waals surface area (Å²) in [5.74, 6) is -0.192. The second kappa shape index (κ2) is 3.90. The Kier molecular flexibility index (Phi) is 2.59. The van der Waals surface area contributed by atoms with Crippen molar-refractivity contribution in [2.24, 2.45) is 7.05 Å². The van der Waals surface area contributed by atoms with Crippen molar-refractivity contribution in [1.82, 2.24) is 15.1 Å². The smallest absolute Gasteiger partial charge is 0.271 e. The van der Waals surface area contributed by atoms with Crippen molar-refractivity contribution in [3.05, 3.63) is 11.9 Å². The first kappa shape index (κ1) is 9.97. The summed E-state index contributed by atoms with van der Waals surface area (Å²) in [7, 11) is 1.69. The van der Waals surface area contributed by atoms with Crippen LogP contribution in [0.4, 0.5) is 5.69 Å². The molecular weight excluding hydrogens is 196 g/mol. The van der Waals surface area contributed by atoms with Gasteiger partial charge in [0.2, 0.25) is 0 Å². The maximum atomic E-state index is 11.8. The number of hydrogen-bond acceptors (Lipinski definition) is 4. The first-order valence-corrected chi connectivity index (χ1v) is 4.84. The highest BCUT2D eigenvalue weighted by Crippen LogP contribution is 2.10. The number of ether oxygens (including phenoxy) is 1. The van der Waals surface area contributed by atoms with Gasteiger partial charge in [0, 0.05) is 13.7 Å². The van der Waals surface area contributed by atoms with E-state index in [-0.39, 0.29) is 11.9 Å². The lowest BCUT2D eigenvalue weighted by atomic mass is 10.2. The van der Waals surface area contributed by atoms with Crippen LogP contribution in [0.1, 0.15) is 16.9 Å². The molecule has 0 unspecified atom stereocenters. The normalized spacial score (nSPS) is 20.5. The van der Waals surface area contributed by atoms with Gasteiger partial charge in [-0.05, 0) is 6.42 Å². The Morgan fingerprint density at radius 1 is 1.80 bits per heavy atom. The van der Waals surface area contributed by atoms with Gasteiger partial charge in [-0.2, -0.15) is 5.10 Å². The molecule has 6 nitrogen and oxygen atoms in total. The lowest BCUT2D eigenvalue weighted by molar-refractivity contribution is 0.0921. The maximum Gasteiger partial charge on any atom is 0.271 e. The summed E-state index contributed by atoms with van der Waals surface area (Å²) < 4.78 is 6.64. The quantitative estimate of drug-likeness (QED) is 0.690. The number of nitrogens with two attached hydrogens (primary N) is 1. The highest BCUT2D eigenvalue weighted by atomic mass is 16.5. The topological polar surface area (TPSA) is 82.2 Å². The van der Waals surface area contributed by atoms with E-state index in [2.05, 4.69) is 10.4 Å². The number of aryl methyl sites for hydroxylation is 1. The van der Waals surface area contributed by atoms with Crippen molar-refractivity contribution in [3.8, 4) is 0 Å².